The highest BCUT2D eigenvalue weighted by atomic mass is 32.2. The van der Waals surface area contributed by atoms with Gasteiger partial charge in [0, 0.05) is 6.20 Å². The van der Waals surface area contributed by atoms with Crippen LogP contribution in [0.5, 0.6) is 0 Å². The average molecular weight is 363 g/mol. The third-order valence-electron chi connectivity index (χ3n) is 3.96. The SMILES string of the molecule is CC(O)C(C)n1ccc(S(=O)(=O)N(PC2CC2)PC2CC2)n1. The Kier molecular flexibility index (Phi) is 4.92. The van der Waals surface area contributed by atoms with E-state index in [0.29, 0.717) is 28.8 Å². The van der Waals surface area contributed by atoms with Crippen molar-refractivity contribution < 1.29 is 13.5 Å². The smallest absolute Gasteiger partial charge is 0.268 e. The first-order valence-corrected chi connectivity index (χ1v) is 11.2. The third-order valence-corrected chi connectivity index (χ3v) is 10.4. The lowest BCUT2D eigenvalue weighted by Gasteiger charge is -2.20. The molecule has 0 aromatic carbocycles. The number of aromatic nitrogens is 2. The van der Waals surface area contributed by atoms with Gasteiger partial charge in [-0.1, -0.05) is 0 Å². The molecule has 2 aliphatic rings. The summed E-state index contributed by atoms with van der Waals surface area (Å²) in [6, 6.07) is 1.31. The van der Waals surface area contributed by atoms with Crippen molar-refractivity contribution in [1.29, 1.82) is 0 Å². The van der Waals surface area contributed by atoms with Gasteiger partial charge in [0.15, 0.2) is 5.03 Å². The molecule has 0 bridgehead atoms. The summed E-state index contributed by atoms with van der Waals surface area (Å²) in [4.78, 5) is 0. The molecular formula is C13H23N3O3P2S. The zero-order valence-electron chi connectivity index (χ0n) is 12.8. The van der Waals surface area contributed by atoms with Gasteiger partial charge in [0.2, 0.25) is 0 Å². The maximum Gasteiger partial charge on any atom is 0.268 e. The maximum absolute atomic E-state index is 12.9. The van der Waals surface area contributed by atoms with Gasteiger partial charge < -0.3 is 5.11 Å². The Morgan fingerprint density at radius 1 is 1.27 bits per heavy atom. The van der Waals surface area contributed by atoms with E-state index in [1.165, 1.54) is 4.68 Å². The quantitative estimate of drug-likeness (QED) is 0.720. The summed E-state index contributed by atoms with van der Waals surface area (Å²) in [6.45, 7) is 3.50. The van der Waals surface area contributed by atoms with Crippen LogP contribution >= 0.6 is 17.5 Å². The van der Waals surface area contributed by atoms with Crippen molar-refractivity contribution in [2.24, 2.45) is 0 Å². The fourth-order valence-electron chi connectivity index (χ4n) is 1.93. The molecule has 4 unspecified atom stereocenters. The lowest BCUT2D eigenvalue weighted by atomic mass is 10.2. The summed E-state index contributed by atoms with van der Waals surface area (Å²) in [7, 11) is -2.79. The van der Waals surface area contributed by atoms with Gasteiger partial charge >= 0.3 is 0 Å². The van der Waals surface area contributed by atoms with Gasteiger partial charge in [-0.3, -0.25) is 4.68 Å². The molecule has 9 heteroatoms. The number of rotatable bonds is 8. The summed E-state index contributed by atoms with van der Waals surface area (Å²) in [5.41, 5.74) is 1.11. The Morgan fingerprint density at radius 3 is 2.27 bits per heavy atom. The predicted octanol–water partition coefficient (Wildman–Crippen LogP) is 2.33. The summed E-state index contributed by atoms with van der Waals surface area (Å²) >= 11 is 0. The van der Waals surface area contributed by atoms with Gasteiger partial charge in [-0.05, 0) is 74.4 Å². The van der Waals surface area contributed by atoms with E-state index in [1.807, 2.05) is 6.92 Å². The molecule has 124 valence electrons. The van der Waals surface area contributed by atoms with E-state index in [2.05, 4.69) is 5.10 Å². The van der Waals surface area contributed by atoms with Gasteiger partial charge in [-0.2, -0.15) is 8.94 Å². The number of aliphatic hydroxyl groups excluding tert-OH is 1. The molecule has 2 aliphatic carbocycles. The van der Waals surface area contributed by atoms with Crippen LogP contribution in [0.4, 0.5) is 0 Å². The Bertz CT molecular complexity index is 612. The van der Waals surface area contributed by atoms with Gasteiger partial charge in [0.05, 0.1) is 12.1 Å². The highest BCUT2D eigenvalue weighted by Crippen LogP contribution is 2.54. The molecule has 4 atom stereocenters. The molecule has 0 radical (unpaired) electrons. The second-order valence-corrected chi connectivity index (χ2v) is 12.1. The predicted molar refractivity (Wildman–Crippen MR) is 90.3 cm³/mol. The number of hydrogen-bond acceptors (Lipinski definition) is 4. The fourth-order valence-corrected chi connectivity index (χ4v) is 8.02. The summed E-state index contributed by atoms with van der Waals surface area (Å²) in [5.74, 6) is 0. The second-order valence-electron chi connectivity index (χ2n) is 6.19. The molecule has 1 N–H and O–H groups in total. The first-order chi connectivity index (χ1) is 10.4. The number of sulfonamides is 1. The first kappa shape index (κ1) is 16.8. The Hall–Kier alpha value is -0.0600. The Morgan fingerprint density at radius 2 is 1.82 bits per heavy atom. The van der Waals surface area contributed by atoms with Crippen molar-refractivity contribution in [3.05, 3.63) is 12.3 Å². The molecule has 1 aromatic heterocycles. The highest BCUT2D eigenvalue weighted by molar-refractivity contribution is 7.97. The van der Waals surface area contributed by atoms with Crippen LogP contribution in [0, 0.1) is 0 Å². The van der Waals surface area contributed by atoms with Gasteiger partial charge in [-0.15, -0.1) is 0 Å². The largest absolute Gasteiger partial charge is 0.391 e. The van der Waals surface area contributed by atoms with Crippen molar-refractivity contribution in [1.82, 2.24) is 13.6 Å². The maximum atomic E-state index is 12.9. The van der Waals surface area contributed by atoms with E-state index in [9.17, 15) is 13.5 Å². The topological polar surface area (TPSA) is 75.4 Å². The van der Waals surface area contributed by atoms with E-state index in [1.54, 1.807) is 23.0 Å². The standard InChI is InChI=1S/C13H23N3O3P2S/c1-9(10(2)17)15-8-7-13(14-15)22(18,19)16(20-11-3-4-11)21-12-5-6-12/h7-12,17,20-21H,3-6H2,1-2H3. The minimum Gasteiger partial charge on any atom is -0.391 e. The fraction of sp³-hybridized carbons (Fsp3) is 0.769. The van der Waals surface area contributed by atoms with E-state index >= 15 is 0 Å². The Balaban J connectivity index is 1.79. The van der Waals surface area contributed by atoms with Crippen molar-refractivity contribution in [2.45, 2.75) is 68.0 Å². The third kappa shape index (κ3) is 3.88. The van der Waals surface area contributed by atoms with E-state index in [4.69, 9.17) is 0 Å². The van der Waals surface area contributed by atoms with Gasteiger partial charge in [0.1, 0.15) is 0 Å². The number of hydrogen-bond donors (Lipinski definition) is 1. The van der Waals surface area contributed by atoms with E-state index < -0.39 is 16.1 Å². The van der Waals surface area contributed by atoms with Crippen LogP contribution in [0.2, 0.25) is 0 Å². The van der Waals surface area contributed by atoms with Crippen molar-refractivity contribution in [3.8, 4) is 0 Å². The summed E-state index contributed by atoms with van der Waals surface area (Å²) in [6.07, 6.45) is 5.65. The van der Waals surface area contributed by atoms with Crippen LogP contribution in [-0.2, 0) is 10.0 Å². The molecule has 0 amide bonds. The van der Waals surface area contributed by atoms with Crippen molar-refractivity contribution >= 4 is 27.5 Å². The lowest BCUT2D eigenvalue weighted by Crippen LogP contribution is -2.21. The van der Waals surface area contributed by atoms with E-state index in [0.717, 1.165) is 25.7 Å². The average Bonchev–Trinajstić information content (AvgIpc) is 3.38. The minimum atomic E-state index is -3.51. The van der Waals surface area contributed by atoms with Crippen molar-refractivity contribution in [3.63, 3.8) is 0 Å². The molecule has 6 nitrogen and oxygen atoms in total. The lowest BCUT2D eigenvalue weighted by molar-refractivity contribution is 0.131. The molecule has 2 fully saturated rings. The van der Waals surface area contributed by atoms with Crippen LogP contribution in [-0.4, -0.2) is 44.6 Å². The van der Waals surface area contributed by atoms with Crippen LogP contribution < -0.4 is 0 Å². The molecule has 2 saturated carbocycles. The Labute approximate surface area is 135 Å². The molecule has 1 aromatic rings. The second kappa shape index (κ2) is 6.45. The molecule has 22 heavy (non-hydrogen) atoms. The van der Waals surface area contributed by atoms with E-state index in [-0.39, 0.29) is 11.1 Å². The zero-order chi connectivity index (χ0) is 15.9. The monoisotopic (exact) mass is 363 g/mol. The molecule has 1 heterocycles. The normalized spacial score (nSPS) is 23.1. The van der Waals surface area contributed by atoms with Gasteiger partial charge in [-0.25, -0.2) is 8.42 Å². The van der Waals surface area contributed by atoms with Crippen LogP contribution in [0.15, 0.2) is 17.3 Å². The highest BCUT2D eigenvalue weighted by Gasteiger charge is 2.37. The van der Waals surface area contributed by atoms with Crippen LogP contribution in [0.3, 0.4) is 0 Å². The number of nitrogens with zero attached hydrogens (tertiary/aromatic N) is 3. The minimum absolute atomic E-state index is 0.112. The number of aliphatic hydroxyl groups is 1. The molecular weight excluding hydrogens is 340 g/mol. The zero-order valence-corrected chi connectivity index (χ0v) is 15.6. The van der Waals surface area contributed by atoms with Gasteiger partial charge in [0.25, 0.3) is 10.0 Å². The van der Waals surface area contributed by atoms with Crippen LogP contribution in [0.25, 0.3) is 0 Å². The molecule has 0 saturated heterocycles. The summed E-state index contributed by atoms with van der Waals surface area (Å²) < 4.78 is 29.0. The molecule has 0 spiro atoms. The molecule has 3 rings (SSSR count). The summed E-state index contributed by atoms with van der Waals surface area (Å²) in [5, 5.41) is 14.0. The van der Waals surface area contributed by atoms with Crippen molar-refractivity contribution in [2.75, 3.05) is 0 Å². The first-order valence-electron chi connectivity index (χ1n) is 7.69. The molecule has 0 aliphatic heterocycles. The van der Waals surface area contributed by atoms with Crippen LogP contribution in [0.1, 0.15) is 45.6 Å².